The van der Waals surface area contributed by atoms with Crippen LogP contribution in [0.3, 0.4) is 0 Å². The lowest BCUT2D eigenvalue weighted by molar-refractivity contribution is 0.111. The molecule has 16 heavy (non-hydrogen) atoms. The maximum Gasteiger partial charge on any atom is 0.185 e. The summed E-state index contributed by atoms with van der Waals surface area (Å²) < 4.78 is 6.93. The maximum absolute atomic E-state index is 10.7. The first-order valence-corrected chi connectivity index (χ1v) is 4.88. The van der Waals surface area contributed by atoms with E-state index in [9.17, 15) is 4.79 Å². The molecule has 0 atom stereocenters. The van der Waals surface area contributed by atoms with Crippen LogP contribution in [0.1, 0.15) is 10.6 Å². The maximum atomic E-state index is 10.7. The molecule has 1 aromatic heterocycles. The monoisotopic (exact) mass is 216 g/mol. The fourth-order valence-electron chi connectivity index (χ4n) is 1.58. The summed E-state index contributed by atoms with van der Waals surface area (Å²) in [5.41, 5.74) is 1.62. The van der Waals surface area contributed by atoms with Crippen molar-refractivity contribution in [2.45, 2.75) is 0 Å². The van der Waals surface area contributed by atoms with Gasteiger partial charge in [0.1, 0.15) is 5.75 Å². The van der Waals surface area contributed by atoms with Gasteiger partial charge in [-0.15, -0.1) is 0 Å². The predicted octanol–water partition coefficient (Wildman–Crippen LogP) is 1.91. The molecule has 0 radical (unpaired) electrons. The Morgan fingerprint density at radius 2 is 2.12 bits per heavy atom. The Morgan fingerprint density at radius 1 is 1.38 bits per heavy atom. The number of aromatic nitrogens is 2. The lowest BCUT2D eigenvalue weighted by atomic mass is 10.1. The Bertz CT molecular complexity index is 517. The van der Waals surface area contributed by atoms with Crippen LogP contribution in [0.2, 0.25) is 0 Å². The molecule has 1 heterocycles. The van der Waals surface area contributed by atoms with Crippen molar-refractivity contribution in [2.24, 2.45) is 7.05 Å². The molecular formula is C12H12N2O2. The number of imidazole rings is 1. The number of ether oxygens (including phenoxy) is 1. The Kier molecular flexibility index (Phi) is 2.72. The first kappa shape index (κ1) is 10.4. The van der Waals surface area contributed by atoms with Crippen molar-refractivity contribution in [3.05, 3.63) is 36.3 Å². The first-order valence-electron chi connectivity index (χ1n) is 4.88. The topological polar surface area (TPSA) is 44.1 Å². The third-order valence-corrected chi connectivity index (χ3v) is 2.40. The van der Waals surface area contributed by atoms with Gasteiger partial charge in [0, 0.05) is 18.8 Å². The molecule has 0 spiro atoms. The summed E-state index contributed by atoms with van der Waals surface area (Å²) in [5, 5.41) is 0. The van der Waals surface area contributed by atoms with Gasteiger partial charge >= 0.3 is 0 Å². The Morgan fingerprint density at radius 3 is 2.75 bits per heavy atom. The molecule has 0 N–H and O–H groups in total. The fraction of sp³-hybridized carbons (Fsp3) is 0.167. The highest BCUT2D eigenvalue weighted by Crippen LogP contribution is 2.28. The van der Waals surface area contributed by atoms with Gasteiger partial charge in [0.25, 0.3) is 0 Å². The minimum absolute atomic E-state index is 0.404. The van der Waals surface area contributed by atoms with Gasteiger partial charge in [0.15, 0.2) is 12.1 Å². The second kappa shape index (κ2) is 4.18. The van der Waals surface area contributed by atoms with E-state index in [1.807, 2.05) is 30.5 Å². The molecule has 4 nitrogen and oxygen atoms in total. The van der Waals surface area contributed by atoms with Gasteiger partial charge in [-0.2, -0.15) is 0 Å². The first-order chi connectivity index (χ1) is 7.76. The summed E-state index contributed by atoms with van der Waals surface area (Å²) in [4.78, 5) is 14.9. The number of rotatable bonds is 3. The molecule has 0 saturated carbocycles. The van der Waals surface area contributed by atoms with Crippen LogP contribution in [-0.2, 0) is 7.05 Å². The summed E-state index contributed by atoms with van der Waals surface area (Å²) in [6.45, 7) is 0. The minimum atomic E-state index is 0.404. The van der Waals surface area contributed by atoms with Gasteiger partial charge in [0.2, 0.25) is 0 Å². The highest BCUT2D eigenvalue weighted by atomic mass is 16.5. The molecule has 0 aliphatic carbocycles. The van der Waals surface area contributed by atoms with E-state index >= 15 is 0 Å². The van der Waals surface area contributed by atoms with Gasteiger partial charge in [-0.1, -0.05) is 12.1 Å². The number of para-hydroxylation sites is 1. The normalized spacial score (nSPS) is 10.1. The fourth-order valence-corrected chi connectivity index (χ4v) is 1.58. The number of nitrogens with zero attached hydrogens (tertiary/aromatic N) is 2. The number of carbonyl (C=O) groups excluding carboxylic acids is 1. The van der Waals surface area contributed by atoms with Gasteiger partial charge in [-0.3, -0.25) is 4.79 Å². The minimum Gasteiger partial charge on any atom is -0.496 e. The largest absolute Gasteiger partial charge is 0.496 e. The molecule has 0 amide bonds. The number of aryl methyl sites for hydroxylation is 1. The van der Waals surface area contributed by atoms with E-state index in [4.69, 9.17) is 4.74 Å². The second-order valence-electron chi connectivity index (χ2n) is 3.41. The highest BCUT2D eigenvalue weighted by Gasteiger charge is 2.10. The van der Waals surface area contributed by atoms with Crippen molar-refractivity contribution >= 4 is 6.29 Å². The zero-order valence-electron chi connectivity index (χ0n) is 9.18. The highest BCUT2D eigenvalue weighted by molar-refractivity contribution is 5.74. The van der Waals surface area contributed by atoms with E-state index in [2.05, 4.69) is 4.98 Å². The van der Waals surface area contributed by atoms with Crippen LogP contribution in [0.25, 0.3) is 11.3 Å². The third-order valence-electron chi connectivity index (χ3n) is 2.40. The second-order valence-corrected chi connectivity index (χ2v) is 3.41. The quantitative estimate of drug-likeness (QED) is 0.736. The lowest BCUT2D eigenvalue weighted by Gasteiger charge is -2.04. The number of hydrogen-bond donors (Lipinski definition) is 0. The molecule has 1 aromatic carbocycles. The molecule has 0 fully saturated rings. The number of hydrogen-bond acceptors (Lipinski definition) is 3. The lowest BCUT2D eigenvalue weighted by Crippen LogP contribution is -1.92. The summed E-state index contributed by atoms with van der Waals surface area (Å²) in [5.74, 6) is 1.15. The average Bonchev–Trinajstić information content (AvgIpc) is 2.70. The number of carbonyl (C=O) groups is 1. The van der Waals surface area contributed by atoms with Crippen molar-refractivity contribution in [1.29, 1.82) is 0 Å². The predicted molar refractivity (Wildman–Crippen MR) is 60.6 cm³/mol. The molecule has 82 valence electrons. The van der Waals surface area contributed by atoms with E-state index in [-0.39, 0.29) is 0 Å². The van der Waals surface area contributed by atoms with Gasteiger partial charge in [-0.25, -0.2) is 4.98 Å². The molecule has 2 aromatic rings. The third kappa shape index (κ3) is 1.69. The SMILES string of the molecule is COc1ccccc1-c1cn(C)c(C=O)n1. The summed E-state index contributed by atoms with van der Waals surface area (Å²) >= 11 is 0. The Labute approximate surface area is 93.5 Å². The molecule has 0 bridgehead atoms. The van der Waals surface area contributed by atoms with Crippen LogP contribution in [0.5, 0.6) is 5.75 Å². The van der Waals surface area contributed by atoms with Gasteiger partial charge in [-0.05, 0) is 12.1 Å². The van der Waals surface area contributed by atoms with Crippen LogP contribution in [0, 0.1) is 0 Å². The van der Waals surface area contributed by atoms with Crippen molar-refractivity contribution in [3.8, 4) is 17.0 Å². The van der Waals surface area contributed by atoms with E-state index < -0.39 is 0 Å². The molecule has 0 aliphatic heterocycles. The average molecular weight is 216 g/mol. The smallest absolute Gasteiger partial charge is 0.185 e. The van der Waals surface area contributed by atoms with E-state index in [1.54, 1.807) is 18.7 Å². The number of aldehydes is 1. The molecule has 0 saturated heterocycles. The number of methoxy groups -OCH3 is 1. The van der Waals surface area contributed by atoms with Crippen molar-refractivity contribution in [1.82, 2.24) is 9.55 Å². The molecule has 4 heteroatoms. The molecule has 2 rings (SSSR count). The van der Waals surface area contributed by atoms with Crippen molar-refractivity contribution in [2.75, 3.05) is 7.11 Å². The Hall–Kier alpha value is -2.10. The van der Waals surface area contributed by atoms with E-state index in [0.717, 1.165) is 23.3 Å². The summed E-state index contributed by atoms with van der Waals surface area (Å²) in [6.07, 6.45) is 2.54. The standard InChI is InChI=1S/C12H12N2O2/c1-14-7-10(13-12(14)8-15)9-5-3-4-6-11(9)16-2/h3-8H,1-2H3. The summed E-state index contributed by atoms with van der Waals surface area (Å²) in [7, 11) is 3.40. The Balaban J connectivity index is 2.53. The van der Waals surface area contributed by atoms with Crippen LogP contribution < -0.4 is 4.74 Å². The van der Waals surface area contributed by atoms with Gasteiger partial charge < -0.3 is 9.30 Å². The number of benzene rings is 1. The van der Waals surface area contributed by atoms with Crippen LogP contribution in [0.15, 0.2) is 30.5 Å². The molecule has 0 aliphatic rings. The van der Waals surface area contributed by atoms with E-state index in [0.29, 0.717) is 5.82 Å². The van der Waals surface area contributed by atoms with E-state index in [1.165, 1.54) is 0 Å². The van der Waals surface area contributed by atoms with Crippen molar-refractivity contribution in [3.63, 3.8) is 0 Å². The van der Waals surface area contributed by atoms with Gasteiger partial charge in [0.05, 0.1) is 12.8 Å². The van der Waals surface area contributed by atoms with Crippen LogP contribution in [-0.4, -0.2) is 22.9 Å². The van der Waals surface area contributed by atoms with Crippen LogP contribution in [0.4, 0.5) is 0 Å². The zero-order chi connectivity index (χ0) is 11.5. The molecular weight excluding hydrogens is 204 g/mol. The van der Waals surface area contributed by atoms with Crippen LogP contribution >= 0.6 is 0 Å². The van der Waals surface area contributed by atoms with Crippen molar-refractivity contribution < 1.29 is 9.53 Å². The zero-order valence-corrected chi connectivity index (χ0v) is 9.18. The molecule has 0 unspecified atom stereocenters. The summed E-state index contributed by atoms with van der Waals surface area (Å²) in [6, 6.07) is 7.58.